The smallest absolute Gasteiger partial charge is 0.331 e. The van der Waals surface area contributed by atoms with Crippen molar-refractivity contribution in [2.24, 2.45) is 22.9 Å². The van der Waals surface area contributed by atoms with E-state index in [1.807, 2.05) is 71.9 Å². The van der Waals surface area contributed by atoms with Gasteiger partial charge in [0.25, 0.3) is 0 Å². The molecule has 11 heteroatoms. The lowest BCUT2D eigenvalue weighted by Gasteiger charge is -2.28. The molecule has 11 nitrogen and oxygen atoms in total. The van der Waals surface area contributed by atoms with Crippen molar-refractivity contribution in [1.82, 2.24) is 16.0 Å². The summed E-state index contributed by atoms with van der Waals surface area (Å²) in [7, 11) is 0. The van der Waals surface area contributed by atoms with E-state index in [1.165, 1.54) is 6.08 Å². The van der Waals surface area contributed by atoms with Crippen molar-refractivity contribution < 1.29 is 23.9 Å². The van der Waals surface area contributed by atoms with Gasteiger partial charge in [-0.05, 0) is 60.1 Å². The molecule has 2 rings (SSSR count). The Balaban J connectivity index is 2.21. The molecule has 0 unspecified atom stereocenters. The molecule has 0 saturated heterocycles. The number of hydrogen-bond donors (Lipinski definition) is 3. The van der Waals surface area contributed by atoms with Crippen molar-refractivity contribution in [1.29, 1.82) is 0 Å². The molecule has 0 saturated carbocycles. The van der Waals surface area contributed by atoms with Crippen molar-refractivity contribution in [2.75, 3.05) is 6.61 Å². The maximum Gasteiger partial charge on any atom is 0.331 e. The fourth-order valence-electron chi connectivity index (χ4n) is 4.67. The zero-order valence-corrected chi connectivity index (χ0v) is 24.9. The molecule has 1 aromatic rings. The predicted octanol–water partition coefficient (Wildman–Crippen LogP) is 3.98. The first-order chi connectivity index (χ1) is 19.4. The lowest BCUT2D eigenvalue weighted by molar-refractivity contribution is -0.135. The highest BCUT2D eigenvalue weighted by molar-refractivity contribution is 5.93. The van der Waals surface area contributed by atoms with Gasteiger partial charge in [0.05, 0.1) is 6.04 Å². The van der Waals surface area contributed by atoms with E-state index >= 15 is 0 Å². The summed E-state index contributed by atoms with van der Waals surface area (Å²) in [5.74, 6) is -1.49. The fraction of sp³-hybridized carbons (Fsp3) is 0.600. The number of carbonyl (C=O) groups is 4. The first-order valence-corrected chi connectivity index (χ1v) is 14.3. The van der Waals surface area contributed by atoms with Crippen LogP contribution < -0.4 is 16.0 Å². The molecular weight excluding hydrogens is 524 g/mol. The van der Waals surface area contributed by atoms with E-state index in [4.69, 9.17) is 10.3 Å². The normalized spacial score (nSPS) is 15.8. The van der Waals surface area contributed by atoms with E-state index < -0.39 is 42.0 Å². The third-order valence-corrected chi connectivity index (χ3v) is 6.60. The van der Waals surface area contributed by atoms with Crippen LogP contribution in [0.2, 0.25) is 0 Å². The molecule has 4 atom stereocenters. The number of azide groups is 1. The van der Waals surface area contributed by atoms with Crippen LogP contribution in [0.25, 0.3) is 10.4 Å². The zero-order chi connectivity index (χ0) is 30.5. The largest absolute Gasteiger partial charge is 0.458 e. The third kappa shape index (κ3) is 11.7. The number of nitrogens with one attached hydrogen (secondary N) is 3. The molecule has 3 N–H and O–H groups in total. The van der Waals surface area contributed by atoms with E-state index in [9.17, 15) is 19.2 Å². The molecular formula is C30H44N6O5. The Morgan fingerprint density at radius 3 is 1.88 bits per heavy atom. The lowest BCUT2D eigenvalue weighted by atomic mass is 9.95. The molecule has 0 aromatic heterocycles. The number of carbonyl (C=O) groups excluding carboxylic acids is 4. The number of ether oxygens (including phenoxy) is 1. The Morgan fingerprint density at radius 2 is 1.39 bits per heavy atom. The van der Waals surface area contributed by atoms with Crippen LogP contribution in [0, 0.1) is 17.8 Å². The van der Waals surface area contributed by atoms with Crippen LogP contribution in [0.1, 0.15) is 66.4 Å². The average molecular weight is 569 g/mol. The summed E-state index contributed by atoms with van der Waals surface area (Å²) in [5.41, 5.74) is 10.6. The van der Waals surface area contributed by atoms with Gasteiger partial charge in [-0.25, -0.2) is 4.79 Å². The van der Waals surface area contributed by atoms with Crippen molar-refractivity contribution >= 4 is 23.7 Å². The van der Waals surface area contributed by atoms with Gasteiger partial charge in [0, 0.05) is 11.0 Å². The molecule has 3 amide bonds. The molecule has 1 aliphatic rings. The predicted molar refractivity (Wildman–Crippen MR) is 156 cm³/mol. The highest BCUT2D eigenvalue weighted by Gasteiger charge is 2.32. The second-order valence-corrected chi connectivity index (χ2v) is 11.8. The number of rotatable bonds is 16. The van der Waals surface area contributed by atoms with E-state index in [1.54, 1.807) is 0 Å². The van der Waals surface area contributed by atoms with Crippen LogP contribution in [0.5, 0.6) is 0 Å². The summed E-state index contributed by atoms with van der Waals surface area (Å²) >= 11 is 0. The number of benzene rings is 1. The van der Waals surface area contributed by atoms with Crippen molar-refractivity contribution in [3.05, 3.63) is 58.0 Å². The van der Waals surface area contributed by atoms with Crippen molar-refractivity contribution in [3.63, 3.8) is 0 Å². The molecule has 0 aliphatic carbocycles. The average Bonchev–Trinajstić information content (AvgIpc) is 3.33. The summed E-state index contributed by atoms with van der Waals surface area (Å²) in [4.78, 5) is 54.7. The standard InChI is InChI=1S/C30H44N6O5/c1-18(2)12-23(22-16-27(37)41-17-22)32-28(38)24(13-19(3)4)33-29(39)25(14-20(5)6)34-30(40)26(35-36-31)15-21-10-8-7-9-11-21/h7-11,16,18-20,23-26H,12-15,17H2,1-6H3,(H,32,38)(H,33,39)(H,34,40)/t23-,24-,25-,26-/m0/s1. The van der Waals surface area contributed by atoms with Crippen LogP contribution in [0.15, 0.2) is 47.1 Å². The zero-order valence-electron chi connectivity index (χ0n) is 24.9. The van der Waals surface area contributed by atoms with Gasteiger partial charge >= 0.3 is 5.97 Å². The highest BCUT2D eigenvalue weighted by atomic mass is 16.5. The SMILES string of the molecule is CC(C)C[C@H](NC(=O)[C@H](Cc1ccccc1)N=[N+]=[N-])C(=O)N[C@@H](CC(C)C)C(=O)N[C@@H](CC(C)C)C1=CC(=O)OC1. The van der Waals surface area contributed by atoms with Crippen molar-refractivity contribution in [2.45, 2.75) is 91.4 Å². The highest BCUT2D eigenvalue weighted by Crippen LogP contribution is 2.19. The summed E-state index contributed by atoms with van der Waals surface area (Å²) in [6, 6.07) is 5.92. The minimum absolute atomic E-state index is 0.0535. The monoisotopic (exact) mass is 568 g/mol. The van der Waals surface area contributed by atoms with E-state index in [2.05, 4.69) is 26.0 Å². The molecule has 0 fully saturated rings. The van der Waals surface area contributed by atoms with E-state index in [0.717, 1.165) is 5.56 Å². The Hall–Kier alpha value is -3.85. The van der Waals surface area contributed by atoms with Gasteiger partial charge in [-0.1, -0.05) is 77.0 Å². The number of amides is 3. The second-order valence-electron chi connectivity index (χ2n) is 11.8. The maximum atomic E-state index is 13.5. The Morgan fingerprint density at radius 1 is 0.854 bits per heavy atom. The summed E-state index contributed by atoms with van der Waals surface area (Å²) in [6.07, 6.45) is 2.89. The first-order valence-electron chi connectivity index (χ1n) is 14.3. The summed E-state index contributed by atoms with van der Waals surface area (Å²) in [5, 5.41) is 12.3. The van der Waals surface area contributed by atoms with Crippen LogP contribution in [0.3, 0.4) is 0 Å². The van der Waals surface area contributed by atoms with E-state index in [-0.39, 0.29) is 36.7 Å². The Kier molecular flexibility index (Phi) is 13.4. The van der Waals surface area contributed by atoms with Crippen LogP contribution in [0.4, 0.5) is 0 Å². The van der Waals surface area contributed by atoms with E-state index in [0.29, 0.717) is 24.8 Å². The maximum absolute atomic E-state index is 13.5. The number of cyclic esters (lactones) is 1. The van der Waals surface area contributed by atoms with Gasteiger partial charge in [-0.2, -0.15) is 0 Å². The third-order valence-electron chi connectivity index (χ3n) is 6.60. The molecule has 0 spiro atoms. The number of hydrogen-bond acceptors (Lipinski definition) is 6. The lowest BCUT2D eigenvalue weighted by Crippen LogP contribution is -2.56. The van der Waals surface area contributed by atoms with Crippen LogP contribution in [-0.2, 0) is 30.3 Å². The molecule has 1 heterocycles. The Labute approximate surface area is 242 Å². The Bertz CT molecular complexity index is 1130. The summed E-state index contributed by atoms with van der Waals surface area (Å²) < 4.78 is 5.06. The van der Waals surface area contributed by atoms with Gasteiger partial charge in [0.1, 0.15) is 24.7 Å². The van der Waals surface area contributed by atoms with Crippen LogP contribution in [-0.4, -0.2) is 54.5 Å². The van der Waals surface area contributed by atoms with Gasteiger partial charge in [-0.15, -0.1) is 0 Å². The second kappa shape index (κ2) is 16.4. The molecule has 0 bridgehead atoms. The molecule has 0 radical (unpaired) electrons. The first kappa shape index (κ1) is 33.4. The van der Waals surface area contributed by atoms with Crippen LogP contribution >= 0.6 is 0 Å². The molecule has 41 heavy (non-hydrogen) atoms. The van der Waals surface area contributed by atoms with Crippen molar-refractivity contribution in [3.8, 4) is 0 Å². The quantitative estimate of drug-likeness (QED) is 0.119. The topological polar surface area (TPSA) is 162 Å². The minimum atomic E-state index is -1.04. The van der Waals surface area contributed by atoms with Gasteiger partial charge in [0.15, 0.2) is 0 Å². The van der Waals surface area contributed by atoms with Gasteiger partial charge < -0.3 is 20.7 Å². The number of nitrogens with zero attached hydrogens (tertiary/aromatic N) is 3. The fourth-order valence-corrected chi connectivity index (χ4v) is 4.67. The molecule has 1 aromatic carbocycles. The van der Waals surface area contributed by atoms with Gasteiger partial charge in [-0.3, -0.25) is 14.4 Å². The number of esters is 1. The van der Waals surface area contributed by atoms with Gasteiger partial charge in [0.2, 0.25) is 17.7 Å². The molecule has 1 aliphatic heterocycles. The molecule has 224 valence electrons. The summed E-state index contributed by atoms with van der Waals surface area (Å²) in [6.45, 7) is 11.9. The minimum Gasteiger partial charge on any atom is -0.458 e.